The summed E-state index contributed by atoms with van der Waals surface area (Å²) in [5, 5.41) is 10.0. The lowest BCUT2D eigenvalue weighted by Gasteiger charge is -2.23. The molecule has 3 aromatic rings. The average molecular weight is 386 g/mol. The van der Waals surface area contributed by atoms with Crippen LogP contribution in [0.15, 0.2) is 42.5 Å². The molecule has 1 heterocycles. The van der Waals surface area contributed by atoms with E-state index in [9.17, 15) is 4.79 Å². The summed E-state index contributed by atoms with van der Waals surface area (Å²) in [5.74, 6) is 0.192. The Morgan fingerprint density at radius 3 is 2.85 bits per heavy atom. The minimum absolute atomic E-state index is 0.142. The topological polar surface area (TPSA) is 66.2 Å². The summed E-state index contributed by atoms with van der Waals surface area (Å²) in [6, 6.07) is 14.4. The first-order valence-corrected chi connectivity index (χ1v) is 9.12. The van der Waals surface area contributed by atoms with Crippen molar-refractivity contribution >= 4 is 39.1 Å². The van der Waals surface area contributed by atoms with Gasteiger partial charge in [-0.3, -0.25) is 4.79 Å². The molecule has 0 saturated carbocycles. The quantitative estimate of drug-likeness (QED) is 0.652. The number of rotatable bonds is 5. The Hall–Kier alpha value is -2.62. The maximum Gasteiger partial charge on any atom is 0.260 e. The second kappa shape index (κ2) is 7.73. The highest BCUT2D eigenvalue weighted by atomic mass is 35.5. The molecule has 0 N–H and O–H groups in total. The lowest BCUT2D eigenvalue weighted by atomic mass is 10.2. The van der Waals surface area contributed by atoms with Gasteiger partial charge in [-0.15, -0.1) is 11.3 Å². The zero-order valence-electron chi connectivity index (χ0n) is 14.3. The standard InChI is InChI=1S/C19H16ClN3O2S/c1-12(19-22-15-5-3-4-6-17(15)26-19)23(2)18(24)11-25-16-8-7-13(10-21)9-14(16)20/h3-9,12H,11H2,1-2H3/t12-/m0/s1. The molecule has 0 spiro atoms. The Labute approximate surface area is 160 Å². The second-order valence-corrected chi connectivity index (χ2v) is 7.22. The molecule has 0 unspecified atom stereocenters. The first-order chi connectivity index (χ1) is 12.5. The van der Waals surface area contributed by atoms with E-state index in [1.807, 2.05) is 37.3 Å². The highest BCUT2D eigenvalue weighted by Gasteiger charge is 2.21. The monoisotopic (exact) mass is 385 g/mol. The van der Waals surface area contributed by atoms with Crippen LogP contribution in [0.1, 0.15) is 23.5 Å². The van der Waals surface area contributed by atoms with Crippen molar-refractivity contribution in [1.29, 1.82) is 5.26 Å². The number of para-hydroxylation sites is 1. The van der Waals surface area contributed by atoms with Crippen molar-refractivity contribution in [3.63, 3.8) is 0 Å². The van der Waals surface area contributed by atoms with Crippen molar-refractivity contribution in [3.05, 3.63) is 58.1 Å². The number of amides is 1. The predicted molar refractivity (Wildman–Crippen MR) is 102 cm³/mol. The Balaban J connectivity index is 1.66. The van der Waals surface area contributed by atoms with E-state index in [4.69, 9.17) is 21.6 Å². The Morgan fingerprint density at radius 1 is 1.38 bits per heavy atom. The molecule has 0 radical (unpaired) electrons. The fourth-order valence-electron chi connectivity index (χ4n) is 2.38. The number of ether oxygens (including phenoxy) is 1. The van der Waals surface area contributed by atoms with E-state index in [0.29, 0.717) is 16.3 Å². The smallest absolute Gasteiger partial charge is 0.260 e. The minimum atomic E-state index is -0.183. The summed E-state index contributed by atoms with van der Waals surface area (Å²) in [7, 11) is 1.73. The van der Waals surface area contributed by atoms with Crippen molar-refractivity contribution < 1.29 is 9.53 Å². The molecular formula is C19H16ClN3O2S. The summed E-state index contributed by atoms with van der Waals surface area (Å²) in [5.41, 5.74) is 1.37. The fourth-order valence-corrected chi connectivity index (χ4v) is 3.68. The maximum absolute atomic E-state index is 12.5. The zero-order valence-corrected chi connectivity index (χ0v) is 15.8. The van der Waals surface area contributed by atoms with Crippen LogP contribution in [0.3, 0.4) is 0 Å². The molecule has 5 nitrogen and oxygen atoms in total. The summed E-state index contributed by atoms with van der Waals surface area (Å²) < 4.78 is 6.61. The van der Waals surface area contributed by atoms with Gasteiger partial charge >= 0.3 is 0 Å². The van der Waals surface area contributed by atoms with Crippen LogP contribution in [0.4, 0.5) is 0 Å². The Kier molecular flexibility index (Phi) is 5.40. The normalized spacial score (nSPS) is 11.8. The number of fused-ring (bicyclic) bond motifs is 1. The number of carbonyl (C=O) groups is 1. The van der Waals surface area contributed by atoms with Crippen LogP contribution in [-0.4, -0.2) is 29.4 Å². The molecule has 2 aromatic carbocycles. The molecule has 0 aliphatic rings. The van der Waals surface area contributed by atoms with Crippen LogP contribution in [0.5, 0.6) is 5.75 Å². The van der Waals surface area contributed by atoms with Gasteiger partial charge in [0, 0.05) is 7.05 Å². The van der Waals surface area contributed by atoms with Gasteiger partial charge in [0.15, 0.2) is 6.61 Å². The molecule has 1 aromatic heterocycles. The number of benzene rings is 2. The number of nitriles is 1. The number of carbonyl (C=O) groups excluding carboxylic acids is 1. The van der Waals surface area contributed by atoms with Crippen molar-refractivity contribution in [2.45, 2.75) is 13.0 Å². The van der Waals surface area contributed by atoms with Gasteiger partial charge in [-0.25, -0.2) is 4.98 Å². The Morgan fingerprint density at radius 2 is 2.15 bits per heavy atom. The van der Waals surface area contributed by atoms with Gasteiger partial charge in [0.1, 0.15) is 10.8 Å². The van der Waals surface area contributed by atoms with Crippen molar-refractivity contribution in [1.82, 2.24) is 9.88 Å². The van der Waals surface area contributed by atoms with Crippen LogP contribution in [0.25, 0.3) is 10.2 Å². The summed E-state index contributed by atoms with van der Waals surface area (Å²) in [4.78, 5) is 18.7. The van der Waals surface area contributed by atoms with E-state index in [-0.39, 0.29) is 18.6 Å². The van der Waals surface area contributed by atoms with E-state index in [1.54, 1.807) is 35.4 Å². The van der Waals surface area contributed by atoms with E-state index < -0.39 is 0 Å². The molecule has 0 fully saturated rings. The number of halogens is 1. The number of hydrogen-bond acceptors (Lipinski definition) is 5. The highest BCUT2D eigenvalue weighted by Crippen LogP contribution is 2.29. The molecule has 1 atom stereocenters. The van der Waals surface area contributed by atoms with Gasteiger partial charge in [0.2, 0.25) is 0 Å². The lowest BCUT2D eigenvalue weighted by Crippen LogP contribution is -2.33. The third kappa shape index (κ3) is 3.79. The molecular weight excluding hydrogens is 370 g/mol. The number of likely N-dealkylation sites (N-methyl/N-ethyl adjacent to an activating group) is 1. The SMILES string of the molecule is C[C@@H](c1nc2ccccc2s1)N(C)C(=O)COc1ccc(C#N)cc1Cl. The third-order valence-corrected chi connectivity index (χ3v) is 5.56. The van der Waals surface area contributed by atoms with Gasteiger partial charge in [-0.1, -0.05) is 23.7 Å². The van der Waals surface area contributed by atoms with E-state index >= 15 is 0 Å². The Bertz CT molecular complexity index is 963. The number of aromatic nitrogens is 1. The number of thiazole rings is 1. The van der Waals surface area contributed by atoms with Crippen molar-refractivity contribution in [2.24, 2.45) is 0 Å². The van der Waals surface area contributed by atoms with Gasteiger partial charge in [0.05, 0.1) is 32.9 Å². The van der Waals surface area contributed by atoms with Crippen LogP contribution < -0.4 is 4.74 Å². The molecule has 1 amide bonds. The summed E-state index contributed by atoms with van der Waals surface area (Å²) >= 11 is 7.64. The molecule has 3 rings (SSSR count). The predicted octanol–water partition coefficient (Wildman–Crippen LogP) is 4.42. The molecule has 0 aliphatic carbocycles. The summed E-state index contributed by atoms with van der Waals surface area (Å²) in [6.45, 7) is 1.79. The molecule has 132 valence electrons. The van der Waals surface area contributed by atoms with Crippen LogP contribution in [0, 0.1) is 11.3 Å². The molecule has 0 bridgehead atoms. The third-order valence-electron chi connectivity index (χ3n) is 4.05. The van der Waals surface area contributed by atoms with E-state index in [0.717, 1.165) is 15.2 Å². The van der Waals surface area contributed by atoms with Gasteiger partial charge in [-0.05, 0) is 37.3 Å². The van der Waals surface area contributed by atoms with E-state index in [2.05, 4.69) is 4.98 Å². The zero-order chi connectivity index (χ0) is 18.7. The summed E-state index contributed by atoms with van der Waals surface area (Å²) in [6.07, 6.45) is 0. The van der Waals surface area contributed by atoms with Gasteiger partial charge < -0.3 is 9.64 Å². The molecule has 7 heteroatoms. The largest absolute Gasteiger partial charge is 0.482 e. The van der Waals surface area contributed by atoms with Gasteiger partial charge in [0.25, 0.3) is 5.91 Å². The number of hydrogen-bond donors (Lipinski definition) is 0. The lowest BCUT2D eigenvalue weighted by molar-refractivity contribution is -0.134. The fraction of sp³-hybridized carbons (Fsp3) is 0.211. The second-order valence-electron chi connectivity index (χ2n) is 5.75. The van der Waals surface area contributed by atoms with Crippen molar-refractivity contribution in [3.8, 4) is 11.8 Å². The first kappa shape index (κ1) is 18.2. The van der Waals surface area contributed by atoms with Crippen LogP contribution in [-0.2, 0) is 4.79 Å². The highest BCUT2D eigenvalue weighted by molar-refractivity contribution is 7.18. The first-order valence-electron chi connectivity index (χ1n) is 7.93. The number of nitrogens with zero attached hydrogens (tertiary/aromatic N) is 3. The van der Waals surface area contributed by atoms with E-state index in [1.165, 1.54) is 6.07 Å². The molecule has 26 heavy (non-hydrogen) atoms. The maximum atomic E-state index is 12.5. The molecule has 0 saturated heterocycles. The van der Waals surface area contributed by atoms with Crippen LogP contribution in [0.2, 0.25) is 5.02 Å². The molecule has 0 aliphatic heterocycles. The minimum Gasteiger partial charge on any atom is -0.482 e. The van der Waals surface area contributed by atoms with Crippen molar-refractivity contribution in [2.75, 3.05) is 13.7 Å². The van der Waals surface area contributed by atoms with Gasteiger partial charge in [-0.2, -0.15) is 5.26 Å². The average Bonchev–Trinajstić information content (AvgIpc) is 3.09. The van der Waals surface area contributed by atoms with Crippen LogP contribution >= 0.6 is 22.9 Å².